The lowest BCUT2D eigenvalue weighted by Crippen LogP contribution is -2.20. The van der Waals surface area contributed by atoms with E-state index in [1.54, 1.807) is 22.8 Å². The average molecular weight is 364 g/mol. The Morgan fingerprint density at radius 2 is 2.07 bits per heavy atom. The number of aromatic nitrogens is 2. The number of phenols is 1. The molecule has 7 heteroatoms. The number of methoxy groups -OCH3 is 1. The highest BCUT2D eigenvalue weighted by molar-refractivity contribution is 5.93. The van der Waals surface area contributed by atoms with Crippen molar-refractivity contribution in [3.8, 4) is 11.5 Å². The molecular formula is C20H16N2O5. The molecule has 1 aromatic heterocycles. The maximum Gasteiger partial charge on any atom is 0.335 e. The second-order valence-electron chi connectivity index (χ2n) is 6.28. The molecule has 0 radical (unpaired) electrons. The van der Waals surface area contributed by atoms with Crippen molar-refractivity contribution >= 4 is 28.5 Å². The van der Waals surface area contributed by atoms with Gasteiger partial charge in [0.25, 0.3) is 5.56 Å². The summed E-state index contributed by atoms with van der Waals surface area (Å²) in [6.45, 7) is 0.513. The van der Waals surface area contributed by atoms with Gasteiger partial charge in [0, 0.05) is 6.54 Å². The number of rotatable bonds is 3. The summed E-state index contributed by atoms with van der Waals surface area (Å²) in [5.41, 5.74) is 1.94. The second kappa shape index (κ2) is 6.28. The van der Waals surface area contributed by atoms with Gasteiger partial charge in [-0.2, -0.15) is 0 Å². The van der Waals surface area contributed by atoms with E-state index in [1.807, 2.05) is 6.08 Å². The summed E-state index contributed by atoms with van der Waals surface area (Å²) in [5, 5.41) is 19.3. The molecule has 0 atom stereocenters. The number of nitrogens with zero attached hydrogens (tertiary/aromatic N) is 2. The molecule has 27 heavy (non-hydrogen) atoms. The van der Waals surface area contributed by atoms with Gasteiger partial charge in [-0.25, -0.2) is 9.78 Å². The van der Waals surface area contributed by atoms with Gasteiger partial charge in [-0.05, 0) is 54.0 Å². The van der Waals surface area contributed by atoms with Crippen molar-refractivity contribution in [2.45, 2.75) is 13.0 Å². The molecule has 3 aromatic rings. The molecule has 1 aliphatic heterocycles. The zero-order chi connectivity index (χ0) is 19.1. The summed E-state index contributed by atoms with van der Waals surface area (Å²) in [6, 6.07) is 9.32. The molecule has 0 fully saturated rings. The summed E-state index contributed by atoms with van der Waals surface area (Å²) in [7, 11) is 1.48. The molecule has 0 saturated carbocycles. The fraction of sp³-hybridized carbons (Fsp3) is 0.150. The molecule has 0 bridgehead atoms. The van der Waals surface area contributed by atoms with E-state index in [0.29, 0.717) is 35.4 Å². The monoisotopic (exact) mass is 364 g/mol. The molecule has 2 aromatic carbocycles. The number of aromatic hydroxyl groups is 1. The van der Waals surface area contributed by atoms with Gasteiger partial charge < -0.3 is 14.9 Å². The number of allylic oxidation sites excluding steroid dienone is 1. The number of hydrogen-bond donors (Lipinski definition) is 2. The van der Waals surface area contributed by atoms with Gasteiger partial charge in [-0.3, -0.25) is 9.36 Å². The Hall–Kier alpha value is -3.61. The van der Waals surface area contributed by atoms with Crippen molar-refractivity contribution in [2.75, 3.05) is 7.11 Å². The van der Waals surface area contributed by atoms with Crippen LogP contribution in [0.1, 0.15) is 28.2 Å². The van der Waals surface area contributed by atoms with Crippen LogP contribution in [-0.2, 0) is 6.54 Å². The summed E-state index contributed by atoms with van der Waals surface area (Å²) in [5.74, 6) is -0.126. The number of fused-ring (bicyclic) bond motifs is 2. The largest absolute Gasteiger partial charge is 0.504 e. The smallest absolute Gasteiger partial charge is 0.335 e. The topological polar surface area (TPSA) is 102 Å². The SMILES string of the molecule is COc1cc(/C=C2\CCn3c2nc2cc(C(=O)O)ccc2c3=O)ccc1O. The zero-order valence-electron chi connectivity index (χ0n) is 14.5. The zero-order valence-corrected chi connectivity index (χ0v) is 14.5. The van der Waals surface area contributed by atoms with Gasteiger partial charge in [-0.1, -0.05) is 6.07 Å². The van der Waals surface area contributed by atoms with Crippen LogP contribution in [0.25, 0.3) is 22.6 Å². The molecule has 0 unspecified atom stereocenters. The number of carbonyl (C=O) groups is 1. The van der Waals surface area contributed by atoms with Crippen molar-refractivity contribution in [3.63, 3.8) is 0 Å². The minimum atomic E-state index is -1.06. The molecule has 0 amide bonds. The molecule has 0 aliphatic carbocycles. The van der Waals surface area contributed by atoms with Crippen LogP contribution in [-0.4, -0.2) is 32.8 Å². The van der Waals surface area contributed by atoms with Crippen molar-refractivity contribution in [1.29, 1.82) is 0 Å². The van der Waals surface area contributed by atoms with Gasteiger partial charge >= 0.3 is 5.97 Å². The number of benzene rings is 2. The third-order valence-electron chi connectivity index (χ3n) is 4.64. The minimum Gasteiger partial charge on any atom is -0.504 e. The van der Waals surface area contributed by atoms with E-state index in [9.17, 15) is 19.8 Å². The first-order valence-corrected chi connectivity index (χ1v) is 8.34. The van der Waals surface area contributed by atoms with Crippen molar-refractivity contribution in [2.24, 2.45) is 0 Å². The molecule has 4 rings (SSSR count). The molecular weight excluding hydrogens is 348 g/mol. The number of aromatic carboxylic acids is 1. The summed E-state index contributed by atoms with van der Waals surface area (Å²) in [6.07, 6.45) is 2.52. The van der Waals surface area contributed by atoms with Crippen LogP contribution < -0.4 is 10.3 Å². The molecule has 0 saturated heterocycles. The maximum atomic E-state index is 12.7. The first-order chi connectivity index (χ1) is 13.0. The van der Waals surface area contributed by atoms with Gasteiger partial charge in [0.15, 0.2) is 11.5 Å². The predicted octanol–water partition coefficient (Wildman–Crippen LogP) is 2.75. The highest BCUT2D eigenvalue weighted by Gasteiger charge is 2.21. The van der Waals surface area contributed by atoms with Gasteiger partial charge in [-0.15, -0.1) is 0 Å². The number of carboxylic acids is 1. The summed E-state index contributed by atoms with van der Waals surface area (Å²) >= 11 is 0. The molecule has 2 heterocycles. The van der Waals surface area contributed by atoms with Crippen LogP contribution in [0.15, 0.2) is 41.2 Å². The molecule has 0 spiro atoms. The van der Waals surface area contributed by atoms with E-state index in [4.69, 9.17) is 4.74 Å². The highest BCUT2D eigenvalue weighted by Crippen LogP contribution is 2.31. The van der Waals surface area contributed by atoms with E-state index in [-0.39, 0.29) is 16.9 Å². The average Bonchev–Trinajstić information content (AvgIpc) is 3.06. The van der Waals surface area contributed by atoms with E-state index < -0.39 is 5.97 Å². The Labute approximate surface area is 153 Å². The Balaban J connectivity index is 1.86. The standard InChI is InChI=1S/C20H16N2O5/c1-27-17-9-11(2-5-16(17)23)8-12-6-7-22-18(12)21-15-10-13(20(25)26)3-4-14(15)19(22)24/h2-5,8-10,23H,6-7H2,1H3,(H,25,26)/b12-8+. The van der Waals surface area contributed by atoms with Crippen molar-refractivity contribution in [3.05, 3.63) is 63.7 Å². The second-order valence-corrected chi connectivity index (χ2v) is 6.28. The number of carboxylic acid groups (broad SMARTS) is 1. The van der Waals surface area contributed by atoms with Crippen LogP contribution in [0.4, 0.5) is 0 Å². The van der Waals surface area contributed by atoms with E-state index >= 15 is 0 Å². The summed E-state index contributed by atoms with van der Waals surface area (Å²) in [4.78, 5) is 28.5. The van der Waals surface area contributed by atoms with Crippen LogP contribution in [0, 0.1) is 0 Å². The van der Waals surface area contributed by atoms with Gasteiger partial charge in [0.05, 0.1) is 23.6 Å². The highest BCUT2D eigenvalue weighted by atomic mass is 16.5. The van der Waals surface area contributed by atoms with Crippen LogP contribution in [0.2, 0.25) is 0 Å². The molecule has 136 valence electrons. The van der Waals surface area contributed by atoms with Gasteiger partial charge in [0.1, 0.15) is 5.82 Å². The molecule has 7 nitrogen and oxygen atoms in total. The lowest BCUT2D eigenvalue weighted by atomic mass is 10.1. The lowest BCUT2D eigenvalue weighted by Gasteiger charge is -2.07. The van der Waals surface area contributed by atoms with Crippen LogP contribution in [0.3, 0.4) is 0 Å². The number of hydrogen-bond acceptors (Lipinski definition) is 5. The quantitative estimate of drug-likeness (QED) is 0.741. The van der Waals surface area contributed by atoms with Crippen molar-refractivity contribution < 1.29 is 19.7 Å². The van der Waals surface area contributed by atoms with Crippen molar-refractivity contribution in [1.82, 2.24) is 9.55 Å². The number of phenolic OH excluding ortho intramolecular Hbond substituents is 1. The third kappa shape index (κ3) is 2.83. The number of ether oxygens (including phenoxy) is 1. The van der Waals surface area contributed by atoms with E-state index in [2.05, 4.69) is 4.98 Å². The normalized spacial score (nSPS) is 14.5. The fourth-order valence-corrected chi connectivity index (χ4v) is 3.27. The van der Waals surface area contributed by atoms with E-state index in [0.717, 1.165) is 11.1 Å². The lowest BCUT2D eigenvalue weighted by molar-refractivity contribution is 0.0697. The Bertz CT molecular complexity index is 1180. The maximum absolute atomic E-state index is 12.7. The first-order valence-electron chi connectivity index (χ1n) is 8.34. The molecule has 1 aliphatic rings. The first kappa shape index (κ1) is 16.8. The van der Waals surface area contributed by atoms with E-state index in [1.165, 1.54) is 25.3 Å². The van der Waals surface area contributed by atoms with Crippen LogP contribution >= 0.6 is 0 Å². The Kier molecular flexibility index (Phi) is 3.92. The predicted molar refractivity (Wildman–Crippen MR) is 100 cm³/mol. The Morgan fingerprint density at radius 1 is 1.26 bits per heavy atom. The van der Waals surface area contributed by atoms with Gasteiger partial charge in [0.2, 0.25) is 0 Å². The fourth-order valence-electron chi connectivity index (χ4n) is 3.27. The van der Waals surface area contributed by atoms with Crippen LogP contribution in [0.5, 0.6) is 11.5 Å². The molecule has 2 N–H and O–H groups in total. The summed E-state index contributed by atoms with van der Waals surface area (Å²) < 4.78 is 6.73. The third-order valence-corrected chi connectivity index (χ3v) is 4.64. The Morgan fingerprint density at radius 3 is 2.81 bits per heavy atom. The minimum absolute atomic E-state index is 0.0491.